The molecule has 0 saturated carbocycles. The Morgan fingerprint density at radius 3 is 2.71 bits per heavy atom. The fraction of sp³-hybridized carbons (Fsp3) is 0.263. The van der Waals surface area contributed by atoms with E-state index in [0.29, 0.717) is 13.0 Å². The van der Waals surface area contributed by atoms with Gasteiger partial charge >= 0.3 is 5.97 Å². The third-order valence-corrected chi connectivity index (χ3v) is 4.19. The van der Waals surface area contributed by atoms with Crippen LogP contribution in [0.15, 0.2) is 48.7 Å². The van der Waals surface area contributed by atoms with Crippen LogP contribution < -0.4 is 5.32 Å². The number of benzene rings is 1. The normalized spacial score (nSPS) is 12.2. The highest BCUT2D eigenvalue weighted by Gasteiger charge is 2.11. The molecule has 2 aromatic heterocycles. The molecule has 2 N–H and O–H groups in total. The zero-order chi connectivity index (χ0) is 17.1. The van der Waals surface area contributed by atoms with Crippen LogP contribution in [0, 0.1) is 12.8 Å². The number of nitrogens with one attached hydrogen (secondary N) is 1. The number of carboxylic acids is 1. The van der Waals surface area contributed by atoms with Gasteiger partial charge in [-0.1, -0.05) is 25.1 Å². The van der Waals surface area contributed by atoms with Gasteiger partial charge in [-0.25, -0.2) is 4.98 Å². The van der Waals surface area contributed by atoms with Crippen molar-refractivity contribution < 1.29 is 9.90 Å². The predicted molar refractivity (Wildman–Crippen MR) is 94.2 cm³/mol. The van der Waals surface area contributed by atoms with Gasteiger partial charge in [0.2, 0.25) is 0 Å². The maximum Gasteiger partial charge on any atom is 0.306 e. The minimum atomic E-state index is -0.764. The molecule has 0 saturated heterocycles. The van der Waals surface area contributed by atoms with Gasteiger partial charge in [-0.05, 0) is 43.2 Å². The maximum atomic E-state index is 10.9. The first kappa shape index (κ1) is 16.1. The number of pyridine rings is 1. The Bertz CT molecular complexity index is 853. The van der Waals surface area contributed by atoms with Gasteiger partial charge in [0.25, 0.3) is 0 Å². The Morgan fingerprint density at radius 2 is 2.00 bits per heavy atom. The molecule has 0 fully saturated rings. The highest BCUT2D eigenvalue weighted by Crippen LogP contribution is 2.16. The fourth-order valence-electron chi connectivity index (χ4n) is 2.79. The van der Waals surface area contributed by atoms with E-state index < -0.39 is 5.97 Å². The van der Waals surface area contributed by atoms with E-state index in [1.54, 1.807) is 6.92 Å². The average molecular weight is 323 g/mol. The molecule has 1 unspecified atom stereocenters. The summed E-state index contributed by atoms with van der Waals surface area (Å²) >= 11 is 0. The number of aromatic nitrogens is 2. The van der Waals surface area contributed by atoms with Crippen molar-refractivity contribution in [3.05, 3.63) is 65.6 Å². The second-order valence-corrected chi connectivity index (χ2v) is 6.10. The zero-order valence-corrected chi connectivity index (χ0v) is 13.9. The van der Waals surface area contributed by atoms with E-state index >= 15 is 0 Å². The summed E-state index contributed by atoms with van der Waals surface area (Å²) in [6.07, 6.45) is 2.43. The largest absolute Gasteiger partial charge is 0.481 e. The minimum Gasteiger partial charge on any atom is -0.481 e. The van der Waals surface area contributed by atoms with E-state index in [1.807, 2.05) is 42.6 Å². The maximum absolute atomic E-state index is 10.9. The Balaban J connectivity index is 1.67. The number of carboxylic acid groups (broad SMARTS) is 1. The van der Waals surface area contributed by atoms with E-state index in [1.165, 1.54) is 0 Å². The summed E-state index contributed by atoms with van der Waals surface area (Å²) in [5.41, 5.74) is 5.24. The molecular formula is C19H21N3O2. The van der Waals surface area contributed by atoms with Crippen LogP contribution in [0.1, 0.15) is 23.9 Å². The molecule has 1 aromatic carbocycles. The third kappa shape index (κ3) is 3.40. The summed E-state index contributed by atoms with van der Waals surface area (Å²) in [7, 11) is 0. The van der Waals surface area contributed by atoms with Crippen molar-refractivity contribution in [2.75, 3.05) is 5.32 Å². The van der Waals surface area contributed by atoms with E-state index in [-0.39, 0.29) is 5.92 Å². The van der Waals surface area contributed by atoms with Crippen LogP contribution >= 0.6 is 0 Å². The van der Waals surface area contributed by atoms with Gasteiger partial charge in [-0.3, -0.25) is 9.20 Å². The van der Waals surface area contributed by atoms with E-state index in [4.69, 9.17) is 5.11 Å². The molecule has 124 valence electrons. The van der Waals surface area contributed by atoms with Gasteiger partial charge in [0.05, 0.1) is 24.4 Å². The molecule has 2 heterocycles. The molecule has 5 heteroatoms. The van der Waals surface area contributed by atoms with Crippen LogP contribution in [-0.2, 0) is 17.8 Å². The van der Waals surface area contributed by atoms with Crippen molar-refractivity contribution in [2.45, 2.75) is 26.8 Å². The van der Waals surface area contributed by atoms with Crippen molar-refractivity contribution in [1.29, 1.82) is 0 Å². The molecule has 0 radical (unpaired) electrons. The number of fused-ring (bicyclic) bond motifs is 1. The summed E-state index contributed by atoms with van der Waals surface area (Å²) < 4.78 is 2.13. The Hall–Kier alpha value is -2.82. The summed E-state index contributed by atoms with van der Waals surface area (Å²) in [4.78, 5) is 15.3. The average Bonchev–Trinajstić information content (AvgIpc) is 2.98. The van der Waals surface area contributed by atoms with Crippen molar-refractivity contribution in [2.24, 2.45) is 5.92 Å². The highest BCUT2D eigenvalue weighted by molar-refractivity contribution is 5.69. The van der Waals surface area contributed by atoms with E-state index in [0.717, 1.165) is 28.3 Å². The summed E-state index contributed by atoms with van der Waals surface area (Å²) in [6, 6.07) is 14.0. The second kappa shape index (κ2) is 6.74. The molecule has 0 amide bonds. The van der Waals surface area contributed by atoms with Crippen molar-refractivity contribution in [1.82, 2.24) is 9.38 Å². The number of anilines is 1. The standard InChI is InChI=1S/C19H21N3O2/c1-13(19(23)24)10-15-6-8-16(9-7-15)20-11-17-12-21-18-5-3-4-14(2)22(17)18/h3-9,12-13,20H,10-11H2,1-2H3,(H,23,24). The lowest BCUT2D eigenvalue weighted by Crippen LogP contribution is -2.12. The van der Waals surface area contributed by atoms with Crippen LogP contribution in [0.25, 0.3) is 5.65 Å². The van der Waals surface area contributed by atoms with E-state index in [9.17, 15) is 4.79 Å². The zero-order valence-electron chi connectivity index (χ0n) is 13.9. The number of aliphatic carboxylic acids is 1. The molecule has 0 spiro atoms. The number of carbonyl (C=O) groups is 1. The Morgan fingerprint density at radius 1 is 1.25 bits per heavy atom. The minimum absolute atomic E-state index is 0.370. The summed E-state index contributed by atoms with van der Waals surface area (Å²) in [6.45, 7) is 4.47. The molecule has 0 aliphatic carbocycles. The van der Waals surface area contributed by atoms with Crippen molar-refractivity contribution in [3.63, 3.8) is 0 Å². The first-order valence-corrected chi connectivity index (χ1v) is 8.02. The Labute approximate surface area is 141 Å². The number of nitrogens with zero attached hydrogens (tertiary/aromatic N) is 2. The second-order valence-electron chi connectivity index (χ2n) is 6.10. The van der Waals surface area contributed by atoms with Crippen molar-refractivity contribution in [3.8, 4) is 0 Å². The number of rotatable bonds is 6. The van der Waals surface area contributed by atoms with Crippen LogP contribution in [-0.4, -0.2) is 20.5 Å². The molecule has 1 atom stereocenters. The topological polar surface area (TPSA) is 66.6 Å². The monoisotopic (exact) mass is 323 g/mol. The molecule has 3 rings (SSSR count). The summed E-state index contributed by atoms with van der Waals surface area (Å²) in [5, 5.41) is 12.4. The van der Waals surface area contributed by atoms with Crippen LogP contribution in [0.3, 0.4) is 0 Å². The number of imidazole rings is 1. The van der Waals surface area contributed by atoms with Gasteiger partial charge in [-0.2, -0.15) is 0 Å². The Kier molecular flexibility index (Phi) is 4.51. The van der Waals surface area contributed by atoms with Gasteiger partial charge < -0.3 is 10.4 Å². The van der Waals surface area contributed by atoms with Crippen molar-refractivity contribution >= 4 is 17.3 Å². The molecule has 0 aliphatic rings. The molecular weight excluding hydrogens is 302 g/mol. The molecule has 24 heavy (non-hydrogen) atoms. The molecule has 0 aliphatic heterocycles. The number of hydrogen-bond acceptors (Lipinski definition) is 3. The van der Waals surface area contributed by atoms with Crippen LogP contribution in [0.5, 0.6) is 0 Å². The molecule has 5 nitrogen and oxygen atoms in total. The first-order valence-electron chi connectivity index (χ1n) is 8.02. The smallest absolute Gasteiger partial charge is 0.306 e. The van der Waals surface area contributed by atoms with Gasteiger partial charge in [0.1, 0.15) is 5.65 Å². The lowest BCUT2D eigenvalue weighted by Gasteiger charge is -2.10. The lowest BCUT2D eigenvalue weighted by atomic mass is 10.0. The lowest BCUT2D eigenvalue weighted by molar-refractivity contribution is -0.141. The fourth-order valence-corrected chi connectivity index (χ4v) is 2.79. The van der Waals surface area contributed by atoms with Gasteiger partial charge in [0.15, 0.2) is 0 Å². The predicted octanol–water partition coefficient (Wildman–Crippen LogP) is 3.52. The van der Waals surface area contributed by atoms with E-state index in [2.05, 4.69) is 27.7 Å². The van der Waals surface area contributed by atoms with Gasteiger partial charge in [-0.15, -0.1) is 0 Å². The summed E-state index contributed by atoms with van der Waals surface area (Å²) in [5.74, 6) is -1.13. The SMILES string of the molecule is Cc1cccc2ncc(CNc3ccc(CC(C)C(=O)O)cc3)n12. The number of hydrogen-bond donors (Lipinski definition) is 2. The molecule has 3 aromatic rings. The van der Waals surface area contributed by atoms with Gasteiger partial charge in [0, 0.05) is 11.4 Å². The highest BCUT2D eigenvalue weighted by atomic mass is 16.4. The first-order chi connectivity index (χ1) is 11.5. The van der Waals surface area contributed by atoms with Crippen LogP contribution in [0.2, 0.25) is 0 Å². The quantitative estimate of drug-likeness (QED) is 0.728. The van der Waals surface area contributed by atoms with Crippen LogP contribution in [0.4, 0.5) is 5.69 Å². The number of aryl methyl sites for hydroxylation is 1. The third-order valence-electron chi connectivity index (χ3n) is 4.19. The molecule has 0 bridgehead atoms.